The summed E-state index contributed by atoms with van der Waals surface area (Å²) in [5.41, 5.74) is 0.475. The summed E-state index contributed by atoms with van der Waals surface area (Å²) in [6.07, 6.45) is 0.124. The molecular weight excluding hydrogens is 340 g/mol. The van der Waals surface area contributed by atoms with Crippen molar-refractivity contribution in [1.29, 1.82) is 0 Å². The molecule has 0 atom stereocenters. The third kappa shape index (κ3) is 5.95. The maximum Gasteiger partial charge on any atom is 0.307 e. The zero-order chi connectivity index (χ0) is 15.8. The van der Waals surface area contributed by atoms with E-state index in [-0.39, 0.29) is 37.3 Å². The van der Waals surface area contributed by atoms with E-state index >= 15 is 0 Å². The average molecular weight is 357 g/mol. The molecule has 0 aliphatic carbocycles. The number of rotatable bonds is 6. The number of hydrogen-bond donors (Lipinski definition) is 1. The van der Waals surface area contributed by atoms with Gasteiger partial charge in [0, 0.05) is 23.6 Å². The molecule has 114 valence electrons. The van der Waals surface area contributed by atoms with Gasteiger partial charge in [0.05, 0.1) is 20.1 Å². The second-order valence-electron chi connectivity index (χ2n) is 4.33. The van der Waals surface area contributed by atoms with Crippen LogP contribution in [0.4, 0.5) is 0 Å². The van der Waals surface area contributed by atoms with E-state index in [0.717, 1.165) is 4.47 Å². The van der Waals surface area contributed by atoms with Gasteiger partial charge in [-0.1, -0.05) is 15.9 Å². The fourth-order valence-corrected chi connectivity index (χ4v) is 1.74. The number of esters is 1. The van der Waals surface area contributed by atoms with Crippen molar-refractivity contribution < 1.29 is 19.1 Å². The van der Waals surface area contributed by atoms with Crippen LogP contribution in [0, 0.1) is 0 Å². The van der Waals surface area contributed by atoms with E-state index in [4.69, 9.17) is 0 Å². The summed E-state index contributed by atoms with van der Waals surface area (Å²) in [5, 5.41) is 2.54. The van der Waals surface area contributed by atoms with Crippen molar-refractivity contribution in [3.05, 3.63) is 34.3 Å². The molecular formula is C14H17BrN2O4. The normalized spacial score (nSPS) is 9.86. The van der Waals surface area contributed by atoms with Crippen molar-refractivity contribution in [2.75, 3.05) is 27.2 Å². The largest absolute Gasteiger partial charge is 0.469 e. The van der Waals surface area contributed by atoms with Crippen LogP contribution in [0.3, 0.4) is 0 Å². The van der Waals surface area contributed by atoms with E-state index in [1.54, 1.807) is 31.3 Å². The van der Waals surface area contributed by atoms with Crippen molar-refractivity contribution in [3.63, 3.8) is 0 Å². The summed E-state index contributed by atoms with van der Waals surface area (Å²) >= 11 is 3.28. The Bertz CT molecular complexity index is 516. The van der Waals surface area contributed by atoms with Gasteiger partial charge >= 0.3 is 5.97 Å². The topological polar surface area (TPSA) is 75.7 Å². The highest BCUT2D eigenvalue weighted by Crippen LogP contribution is 2.10. The van der Waals surface area contributed by atoms with Gasteiger partial charge in [-0.05, 0) is 24.3 Å². The van der Waals surface area contributed by atoms with E-state index in [2.05, 4.69) is 26.0 Å². The van der Waals surface area contributed by atoms with Crippen molar-refractivity contribution in [3.8, 4) is 0 Å². The Morgan fingerprint density at radius 2 is 1.86 bits per heavy atom. The number of hydrogen-bond acceptors (Lipinski definition) is 4. The number of benzene rings is 1. The zero-order valence-electron chi connectivity index (χ0n) is 11.9. The third-order valence-corrected chi connectivity index (χ3v) is 3.34. The standard InChI is InChI=1S/C14H17BrN2O4/c1-17(8-7-13(19)21-2)12(18)9-16-14(20)10-3-5-11(15)6-4-10/h3-6H,7-9H2,1-2H3,(H,16,20). The maximum atomic E-state index is 11.8. The molecule has 6 nitrogen and oxygen atoms in total. The Morgan fingerprint density at radius 1 is 1.24 bits per heavy atom. The molecule has 0 saturated carbocycles. The Kier molecular flexibility index (Phi) is 6.87. The first-order chi connectivity index (χ1) is 9.93. The number of carbonyl (C=O) groups excluding carboxylic acids is 3. The molecule has 0 aromatic heterocycles. The van der Waals surface area contributed by atoms with Crippen LogP contribution in [-0.2, 0) is 14.3 Å². The summed E-state index contributed by atoms with van der Waals surface area (Å²) < 4.78 is 5.37. The number of carbonyl (C=O) groups is 3. The van der Waals surface area contributed by atoms with Gasteiger partial charge < -0.3 is 15.0 Å². The molecule has 0 saturated heterocycles. The second-order valence-corrected chi connectivity index (χ2v) is 5.25. The number of nitrogens with zero attached hydrogens (tertiary/aromatic N) is 1. The number of likely N-dealkylation sites (N-methyl/N-ethyl adjacent to an activating group) is 1. The SMILES string of the molecule is COC(=O)CCN(C)C(=O)CNC(=O)c1ccc(Br)cc1. The molecule has 1 aromatic carbocycles. The molecule has 0 radical (unpaired) electrons. The molecule has 0 spiro atoms. The number of methoxy groups -OCH3 is 1. The van der Waals surface area contributed by atoms with Crippen LogP contribution in [0.15, 0.2) is 28.7 Å². The molecule has 0 aliphatic heterocycles. The second kappa shape index (κ2) is 8.41. The number of nitrogens with one attached hydrogen (secondary N) is 1. The first-order valence-corrected chi connectivity index (χ1v) is 7.08. The Balaban J connectivity index is 2.39. The van der Waals surface area contributed by atoms with Crippen molar-refractivity contribution >= 4 is 33.7 Å². The fourth-order valence-electron chi connectivity index (χ4n) is 1.48. The highest BCUT2D eigenvalue weighted by molar-refractivity contribution is 9.10. The van der Waals surface area contributed by atoms with E-state index in [1.807, 2.05) is 0 Å². The van der Waals surface area contributed by atoms with Gasteiger partial charge in [0.2, 0.25) is 5.91 Å². The van der Waals surface area contributed by atoms with Crippen molar-refractivity contribution in [1.82, 2.24) is 10.2 Å². The van der Waals surface area contributed by atoms with Crippen LogP contribution in [-0.4, -0.2) is 49.9 Å². The first-order valence-electron chi connectivity index (χ1n) is 6.28. The highest BCUT2D eigenvalue weighted by Gasteiger charge is 2.13. The van der Waals surface area contributed by atoms with Crippen LogP contribution < -0.4 is 5.32 Å². The van der Waals surface area contributed by atoms with E-state index < -0.39 is 0 Å². The summed E-state index contributed by atoms with van der Waals surface area (Å²) in [6.45, 7) is 0.131. The van der Waals surface area contributed by atoms with Gasteiger partial charge in [0.15, 0.2) is 0 Å². The predicted molar refractivity (Wildman–Crippen MR) is 80.7 cm³/mol. The van der Waals surface area contributed by atoms with E-state index in [9.17, 15) is 14.4 Å². The summed E-state index contributed by atoms with van der Waals surface area (Å²) in [5.74, 6) is -0.977. The molecule has 0 fully saturated rings. The Labute approximate surface area is 131 Å². The predicted octanol–water partition coefficient (Wildman–Crippen LogP) is 1.20. The maximum absolute atomic E-state index is 11.8. The fraction of sp³-hybridized carbons (Fsp3) is 0.357. The highest BCUT2D eigenvalue weighted by atomic mass is 79.9. The molecule has 0 heterocycles. The monoisotopic (exact) mass is 356 g/mol. The minimum atomic E-state index is -0.381. The van der Waals surface area contributed by atoms with E-state index in [1.165, 1.54) is 12.0 Å². The van der Waals surface area contributed by atoms with Gasteiger partial charge in [-0.2, -0.15) is 0 Å². The van der Waals surface area contributed by atoms with Gasteiger partial charge in [-0.15, -0.1) is 0 Å². The smallest absolute Gasteiger partial charge is 0.307 e. The van der Waals surface area contributed by atoms with Crippen molar-refractivity contribution in [2.45, 2.75) is 6.42 Å². The van der Waals surface area contributed by atoms with Gasteiger partial charge in [0.1, 0.15) is 0 Å². The van der Waals surface area contributed by atoms with Crippen LogP contribution in [0.5, 0.6) is 0 Å². The lowest BCUT2D eigenvalue weighted by Crippen LogP contribution is -2.39. The van der Waals surface area contributed by atoms with Gasteiger partial charge in [-0.3, -0.25) is 14.4 Å². The minimum absolute atomic E-state index is 0.118. The lowest BCUT2D eigenvalue weighted by atomic mass is 10.2. The molecule has 0 unspecified atom stereocenters. The minimum Gasteiger partial charge on any atom is -0.469 e. The number of amides is 2. The van der Waals surface area contributed by atoms with Gasteiger partial charge in [0.25, 0.3) is 5.91 Å². The molecule has 0 aliphatic rings. The molecule has 1 rings (SSSR count). The lowest BCUT2D eigenvalue weighted by Gasteiger charge is -2.16. The van der Waals surface area contributed by atoms with Crippen LogP contribution in [0.25, 0.3) is 0 Å². The Hall–Kier alpha value is -1.89. The molecule has 1 aromatic rings. The summed E-state index contributed by atoms with van der Waals surface area (Å²) in [7, 11) is 2.86. The molecule has 7 heteroatoms. The summed E-state index contributed by atoms with van der Waals surface area (Å²) in [4.78, 5) is 36.0. The van der Waals surface area contributed by atoms with Crippen LogP contribution in [0.1, 0.15) is 16.8 Å². The molecule has 2 amide bonds. The van der Waals surface area contributed by atoms with Crippen LogP contribution in [0.2, 0.25) is 0 Å². The lowest BCUT2D eigenvalue weighted by molar-refractivity contribution is -0.141. The van der Waals surface area contributed by atoms with E-state index in [0.29, 0.717) is 5.56 Å². The van der Waals surface area contributed by atoms with Crippen molar-refractivity contribution in [2.24, 2.45) is 0 Å². The third-order valence-electron chi connectivity index (χ3n) is 2.81. The molecule has 21 heavy (non-hydrogen) atoms. The quantitative estimate of drug-likeness (QED) is 0.777. The van der Waals surface area contributed by atoms with Crippen LogP contribution >= 0.6 is 15.9 Å². The molecule has 1 N–H and O–H groups in total. The zero-order valence-corrected chi connectivity index (χ0v) is 13.5. The molecule has 0 bridgehead atoms. The Morgan fingerprint density at radius 3 is 2.43 bits per heavy atom. The number of ether oxygens (including phenoxy) is 1. The van der Waals surface area contributed by atoms with Gasteiger partial charge in [-0.25, -0.2) is 0 Å². The average Bonchev–Trinajstić information content (AvgIpc) is 2.50. The summed E-state index contributed by atoms with van der Waals surface area (Å²) in [6, 6.07) is 6.81. The first kappa shape index (κ1) is 17.2. The number of halogens is 1.